The summed E-state index contributed by atoms with van der Waals surface area (Å²) in [6, 6.07) is 22.6. The molecule has 2 heterocycles. The summed E-state index contributed by atoms with van der Waals surface area (Å²) in [7, 11) is 1.17. The van der Waals surface area contributed by atoms with Crippen LogP contribution in [-0.4, -0.2) is 47.3 Å². The normalized spacial score (nSPS) is 12.6. The van der Waals surface area contributed by atoms with Crippen molar-refractivity contribution >= 4 is 35.1 Å². The van der Waals surface area contributed by atoms with E-state index in [2.05, 4.69) is 0 Å². The number of ketones is 4. The zero-order chi connectivity index (χ0) is 36.1. The third kappa shape index (κ3) is 5.26. The van der Waals surface area contributed by atoms with Gasteiger partial charge in [-0.2, -0.15) is 0 Å². The predicted octanol–water partition coefficient (Wildman–Crippen LogP) is 7.21. The summed E-state index contributed by atoms with van der Waals surface area (Å²) in [5, 5.41) is 9.58. The minimum Gasteiger partial charge on any atom is -0.478 e. The third-order valence-corrected chi connectivity index (χ3v) is 8.33. The molecule has 0 bridgehead atoms. The van der Waals surface area contributed by atoms with Gasteiger partial charge in [0.15, 0.2) is 23.1 Å². The van der Waals surface area contributed by atoms with Crippen molar-refractivity contribution in [1.82, 2.24) is 0 Å². The molecule has 51 heavy (non-hydrogen) atoms. The van der Waals surface area contributed by atoms with Crippen LogP contribution in [0.1, 0.15) is 84.8 Å². The first-order valence-corrected chi connectivity index (χ1v) is 15.1. The van der Waals surface area contributed by atoms with E-state index in [1.165, 1.54) is 67.8 Å². The average Bonchev–Trinajstić information content (AvgIpc) is 3.75. The van der Waals surface area contributed by atoms with Crippen LogP contribution in [0.3, 0.4) is 0 Å². The molecule has 0 amide bonds. The first-order valence-electron chi connectivity index (χ1n) is 15.1. The number of benzene rings is 4. The van der Waals surface area contributed by atoms with E-state index in [-0.39, 0.29) is 67.5 Å². The fourth-order valence-corrected chi connectivity index (χ4v) is 6.00. The topological polar surface area (TPSA) is 158 Å². The Morgan fingerprint density at radius 1 is 0.529 bits per heavy atom. The maximum atomic E-state index is 13.2. The molecule has 0 spiro atoms. The van der Waals surface area contributed by atoms with Crippen LogP contribution in [-0.2, 0) is 4.74 Å². The Morgan fingerprint density at radius 2 is 0.882 bits per heavy atom. The van der Waals surface area contributed by atoms with Gasteiger partial charge in [-0.1, -0.05) is 48.5 Å². The lowest BCUT2D eigenvalue weighted by molar-refractivity contribution is 0.0597. The summed E-state index contributed by atoms with van der Waals surface area (Å²) in [5.74, 6) is -5.97. The number of carboxylic acids is 1. The molecule has 0 aliphatic heterocycles. The lowest BCUT2D eigenvalue weighted by atomic mass is 9.86. The van der Waals surface area contributed by atoms with Crippen molar-refractivity contribution in [1.29, 1.82) is 0 Å². The van der Waals surface area contributed by atoms with E-state index in [0.717, 1.165) is 12.1 Å². The highest BCUT2D eigenvalue weighted by atomic mass is 19.1. The number of hydrogen-bond donors (Lipinski definition) is 1. The van der Waals surface area contributed by atoms with E-state index in [9.17, 15) is 42.7 Å². The van der Waals surface area contributed by atoms with Gasteiger partial charge in [-0.3, -0.25) is 19.2 Å². The SMILES string of the molecule is COC(=O)c1c(-c2ccc(F)cc2)oc2c1C(=O)c1ccccc1C2=O.O=C1c2ccccc2C(=O)c2c1oc(-c1ccc(F)cc1)c2C(=O)O. The zero-order valence-electron chi connectivity index (χ0n) is 26.1. The van der Waals surface area contributed by atoms with Gasteiger partial charge in [0.25, 0.3) is 0 Å². The van der Waals surface area contributed by atoms with E-state index in [1.54, 1.807) is 24.3 Å². The van der Waals surface area contributed by atoms with Gasteiger partial charge in [-0.15, -0.1) is 0 Å². The van der Waals surface area contributed by atoms with Crippen molar-refractivity contribution in [3.63, 3.8) is 0 Å². The highest BCUT2D eigenvalue weighted by Gasteiger charge is 2.41. The van der Waals surface area contributed by atoms with Gasteiger partial charge in [-0.25, -0.2) is 18.4 Å². The van der Waals surface area contributed by atoms with E-state index < -0.39 is 52.3 Å². The predicted molar refractivity (Wildman–Crippen MR) is 173 cm³/mol. The van der Waals surface area contributed by atoms with Gasteiger partial charge in [0, 0.05) is 33.4 Å². The van der Waals surface area contributed by atoms with E-state index in [4.69, 9.17) is 13.6 Å². The molecule has 1 N–H and O–H groups in total. The van der Waals surface area contributed by atoms with Crippen molar-refractivity contribution in [2.75, 3.05) is 7.11 Å². The van der Waals surface area contributed by atoms with Gasteiger partial charge in [0.05, 0.1) is 18.2 Å². The van der Waals surface area contributed by atoms with Crippen molar-refractivity contribution in [2.24, 2.45) is 0 Å². The van der Waals surface area contributed by atoms with Crippen LogP contribution in [0, 0.1) is 11.6 Å². The Bertz CT molecular complexity index is 2480. The number of rotatable bonds is 4. The highest BCUT2D eigenvalue weighted by molar-refractivity contribution is 6.31. The van der Waals surface area contributed by atoms with E-state index in [1.807, 2.05) is 0 Å². The quantitative estimate of drug-likeness (QED) is 0.188. The van der Waals surface area contributed by atoms with Crippen molar-refractivity contribution in [3.05, 3.63) is 165 Å². The van der Waals surface area contributed by atoms with Gasteiger partial charge in [0.2, 0.25) is 11.6 Å². The van der Waals surface area contributed by atoms with Crippen LogP contribution < -0.4 is 0 Å². The molecule has 8 rings (SSSR count). The third-order valence-electron chi connectivity index (χ3n) is 8.33. The molecular formula is C39H20F2O10. The van der Waals surface area contributed by atoms with E-state index in [0.29, 0.717) is 5.56 Å². The number of fused-ring (bicyclic) bond motifs is 4. The Balaban J connectivity index is 0.000000159. The number of carboxylic acid groups (broad SMARTS) is 1. The molecule has 0 saturated heterocycles. The van der Waals surface area contributed by atoms with Crippen LogP contribution in [0.25, 0.3) is 22.6 Å². The lowest BCUT2D eigenvalue weighted by Gasteiger charge is -2.13. The smallest absolute Gasteiger partial charge is 0.342 e. The summed E-state index contributed by atoms with van der Waals surface area (Å²) in [5.41, 5.74) is 0.392. The Kier molecular flexibility index (Phi) is 7.91. The summed E-state index contributed by atoms with van der Waals surface area (Å²) >= 11 is 0. The number of carbonyl (C=O) groups excluding carboxylic acids is 5. The van der Waals surface area contributed by atoms with Crippen LogP contribution in [0.2, 0.25) is 0 Å². The molecule has 6 aromatic rings. The first kappa shape index (κ1) is 32.5. The fraction of sp³-hybridized carbons (Fsp3) is 0.0256. The molecule has 0 atom stereocenters. The van der Waals surface area contributed by atoms with Gasteiger partial charge in [-0.05, 0) is 48.5 Å². The molecule has 0 saturated carbocycles. The largest absolute Gasteiger partial charge is 0.478 e. The summed E-state index contributed by atoms with van der Waals surface area (Å²) in [6.07, 6.45) is 0. The van der Waals surface area contributed by atoms with Crippen LogP contribution in [0.15, 0.2) is 106 Å². The molecular weight excluding hydrogens is 666 g/mol. The molecule has 0 unspecified atom stereocenters. The number of ether oxygens (including phenoxy) is 1. The number of methoxy groups -OCH3 is 1. The van der Waals surface area contributed by atoms with E-state index >= 15 is 0 Å². The molecule has 250 valence electrons. The molecule has 12 heteroatoms. The maximum Gasteiger partial charge on any atom is 0.342 e. The van der Waals surface area contributed by atoms with Crippen LogP contribution in [0.5, 0.6) is 0 Å². The van der Waals surface area contributed by atoms with Gasteiger partial charge < -0.3 is 18.7 Å². The maximum absolute atomic E-state index is 13.2. The second-order valence-corrected chi connectivity index (χ2v) is 11.2. The number of halogens is 2. The van der Waals surface area contributed by atoms with Crippen molar-refractivity contribution in [2.45, 2.75) is 0 Å². The Labute approximate surface area is 285 Å². The molecule has 0 radical (unpaired) electrons. The summed E-state index contributed by atoms with van der Waals surface area (Å²) < 4.78 is 42.3. The second kappa shape index (κ2) is 12.4. The Morgan fingerprint density at radius 3 is 1.25 bits per heavy atom. The van der Waals surface area contributed by atoms with Gasteiger partial charge in [0.1, 0.15) is 34.3 Å². The molecule has 10 nitrogen and oxygen atoms in total. The minimum atomic E-state index is -1.40. The lowest BCUT2D eigenvalue weighted by Crippen LogP contribution is -2.21. The standard InChI is InChI=1S/C20H11FO5.C19H9FO5/c1-25-20(24)15-14-16(22)12-4-2-3-5-13(12)17(23)19(14)26-18(15)10-6-8-11(21)9-7-10;20-10-7-5-9(6-8-10)17-14(19(23)24)13-15(21)11-3-1-2-4-12(11)16(22)18(13)25-17/h2-9H,1H3;1-8H,(H,23,24). The molecule has 2 aliphatic rings. The molecule has 2 aromatic heterocycles. The number of furan rings is 2. The first-order chi connectivity index (χ1) is 24.5. The van der Waals surface area contributed by atoms with Crippen molar-refractivity contribution < 1.29 is 56.2 Å². The van der Waals surface area contributed by atoms with Crippen LogP contribution >= 0.6 is 0 Å². The number of aromatic carboxylic acids is 1. The Hall–Kier alpha value is -7.08. The zero-order valence-corrected chi connectivity index (χ0v) is 26.1. The van der Waals surface area contributed by atoms with Crippen molar-refractivity contribution in [3.8, 4) is 22.6 Å². The molecule has 4 aromatic carbocycles. The monoisotopic (exact) mass is 686 g/mol. The summed E-state index contributed by atoms with van der Waals surface area (Å²) in [4.78, 5) is 75.2. The second-order valence-electron chi connectivity index (χ2n) is 11.2. The highest BCUT2D eigenvalue weighted by Crippen LogP contribution is 2.39. The number of hydrogen-bond acceptors (Lipinski definition) is 9. The summed E-state index contributed by atoms with van der Waals surface area (Å²) in [6.45, 7) is 0. The number of esters is 1. The number of carbonyl (C=O) groups is 6. The fourth-order valence-electron chi connectivity index (χ4n) is 6.00. The van der Waals surface area contributed by atoms with Crippen LogP contribution in [0.4, 0.5) is 8.78 Å². The molecule has 0 fully saturated rings. The van der Waals surface area contributed by atoms with Gasteiger partial charge >= 0.3 is 11.9 Å². The molecule has 2 aliphatic carbocycles. The average molecular weight is 687 g/mol. The minimum absolute atomic E-state index is 0.00337.